The molecule has 32 heavy (non-hydrogen) atoms. The van der Waals surface area contributed by atoms with E-state index < -0.39 is 23.3 Å². The molecule has 1 aromatic heterocycles. The van der Waals surface area contributed by atoms with Crippen molar-refractivity contribution in [2.45, 2.75) is 27.7 Å². The molecular weight excluding hydrogens is 420 g/mol. The molecule has 0 aliphatic carbocycles. The largest absolute Gasteiger partial charge is 0.490 e. The smallest absolute Gasteiger partial charge is 0.308 e. The molecule has 0 atom stereocenters. The van der Waals surface area contributed by atoms with Crippen LogP contribution < -0.4 is 24.4 Å². The lowest BCUT2D eigenvalue weighted by atomic mass is 10.1. The average molecular weight is 440 g/mol. The van der Waals surface area contributed by atoms with Gasteiger partial charge >= 0.3 is 17.9 Å². The lowest BCUT2D eigenvalue weighted by Crippen LogP contribution is -2.13. The number of rotatable bonds is 5. The van der Waals surface area contributed by atoms with Gasteiger partial charge in [-0.3, -0.25) is 19.2 Å². The normalized spacial score (nSPS) is 10.5. The van der Waals surface area contributed by atoms with Crippen LogP contribution in [-0.2, 0) is 14.4 Å². The quantitative estimate of drug-likeness (QED) is 0.433. The van der Waals surface area contributed by atoms with Gasteiger partial charge in [0.15, 0.2) is 17.3 Å². The Kier molecular flexibility index (Phi) is 6.29. The van der Waals surface area contributed by atoms with Crippen LogP contribution in [0.2, 0.25) is 0 Å². The Bertz CT molecular complexity index is 1280. The van der Waals surface area contributed by atoms with Gasteiger partial charge < -0.3 is 23.4 Å². The first-order chi connectivity index (χ1) is 15.1. The van der Waals surface area contributed by atoms with E-state index in [0.717, 1.165) is 6.92 Å². The molecule has 0 N–H and O–H groups in total. The van der Waals surface area contributed by atoms with E-state index in [4.69, 9.17) is 23.4 Å². The third-order valence-electron chi connectivity index (χ3n) is 4.31. The Morgan fingerprint density at radius 3 is 1.97 bits per heavy atom. The Labute approximate surface area is 182 Å². The van der Waals surface area contributed by atoms with Crippen molar-refractivity contribution in [3.63, 3.8) is 0 Å². The van der Waals surface area contributed by atoms with Crippen LogP contribution in [0.5, 0.6) is 23.0 Å². The van der Waals surface area contributed by atoms with Crippen molar-refractivity contribution in [3.05, 3.63) is 46.1 Å². The van der Waals surface area contributed by atoms with Crippen molar-refractivity contribution in [2.75, 3.05) is 7.11 Å². The van der Waals surface area contributed by atoms with Crippen molar-refractivity contribution in [1.29, 1.82) is 0 Å². The SMILES string of the molecule is COc1c(-c2ccc(OC(C)=O)cc2)oc2c(C)cc(OC(C)=O)c(OC(C)=O)c2c1=O. The number of carbonyl (C=O) groups excluding carboxylic acids is 3. The number of methoxy groups -OCH3 is 1. The van der Waals surface area contributed by atoms with Gasteiger partial charge in [-0.05, 0) is 42.8 Å². The number of benzene rings is 2. The summed E-state index contributed by atoms with van der Waals surface area (Å²) in [6, 6.07) is 7.72. The molecule has 0 saturated carbocycles. The molecule has 0 unspecified atom stereocenters. The number of fused-ring (bicyclic) bond motifs is 1. The average Bonchev–Trinajstić information content (AvgIpc) is 2.70. The number of carbonyl (C=O) groups is 3. The molecule has 0 fully saturated rings. The topological polar surface area (TPSA) is 118 Å². The summed E-state index contributed by atoms with van der Waals surface area (Å²) in [5.74, 6) is -1.87. The molecule has 2 aromatic carbocycles. The lowest BCUT2D eigenvalue weighted by molar-refractivity contribution is -0.134. The summed E-state index contributed by atoms with van der Waals surface area (Å²) < 4.78 is 26.7. The summed E-state index contributed by atoms with van der Waals surface area (Å²) in [5.41, 5.74) is 0.446. The molecule has 0 saturated heterocycles. The van der Waals surface area contributed by atoms with Gasteiger partial charge in [0.2, 0.25) is 11.2 Å². The maximum atomic E-state index is 13.4. The first-order valence-corrected chi connectivity index (χ1v) is 9.46. The highest BCUT2D eigenvalue weighted by molar-refractivity contribution is 5.94. The molecule has 0 spiro atoms. The minimum atomic E-state index is -0.716. The number of hydrogen-bond acceptors (Lipinski definition) is 9. The van der Waals surface area contributed by atoms with Gasteiger partial charge in [0.1, 0.15) is 16.7 Å². The molecule has 9 nitrogen and oxygen atoms in total. The second-order valence-electron chi connectivity index (χ2n) is 6.82. The van der Waals surface area contributed by atoms with E-state index in [1.54, 1.807) is 31.2 Å². The molecule has 0 bridgehead atoms. The van der Waals surface area contributed by atoms with Gasteiger partial charge in [-0.1, -0.05) is 0 Å². The highest BCUT2D eigenvalue weighted by atomic mass is 16.6. The van der Waals surface area contributed by atoms with Crippen LogP contribution in [0.4, 0.5) is 0 Å². The van der Waals surface area contributed by atoms with Crippen LogP contribution in [0.15, 0.2) is 39.5 Å². The Morgan fingerprint density at radius 2 is 1.44 bits per heavy atom. The van der Waals surface area contributed by atoms with Crippen molar-refractivity contribution in [3.8, 4) is 34.3 Å². The highest BCUT2D eigenvalue weighted by Crippen LogP contribution is 2.41. The fourth-order valence-corrected chi connectivity index (χ4v) is 3.15. The standard InChI is InChI=1S/C23H20O9/c1-11-10-17(30-13(3)25)22(31-14(4)26)18-19(27)23(28-5)21(32-20(11)18)15-6-8-16(9-7-15)29-12(2)24/h6-10H,1-5H3. The number of ether oxygens (including phenoxy) is 4. The van der Waals surface area contributed by atoms with E-state index in [0.29, 0.717) is 16.9 Å². The number of esters is 3. The Morgan fingerprint density at radius 1 is 0.844 bits per heavy atom. The van der Waals surface area contributed by atoms with E-state index in [-0.39, 0.29) is 34.0 Å². The van der Waals surface area contributed by atoms with Crippen LogP contribution in [0.3, 0.4) is 0 Å². The molecule has 0 amide bonds. The minimum absolute atomic E-state index is 0.0921. The molecule has 9 heteroatoms. The number of aryl methyl sites for hydroxylation is 1. The van der Waals surface area contributed by atoms with Crippen LogP contribution >= 0.6 is 0 Å². The Balaban J connectivity index is 2.31. The van der Waals surface area contributed by atoms with Crippen molar-refractivity contribution in [2.24, 2.45) is 0 Å². The summed E-state index contributed by atoms with van der Waals surface area (Å²) in [7, 11) is 1.29. The van der Waals surface area contributed by atoms with Gasteiger partial charge in [-0.2, -0.15) is 0 Å². The minimum Gasteiger partial charge on any atom is -0.490 e. The number of hydrogen-bond donors (Lipinski definition) is 0. The van der Waals surface area contributed by atoms with Gasteiger partial charge in [0.05, 0.1) is 7.11 Å². The van der Waals surface area contributed by atoms with E-state index in [1.165, 1.54) is 27.0 Å². The van der Waals surface area contributed by atoms with Crippen LogP contribution in [0.1, 0.15) is 26.3 Å². The predicted octanol–water partition coefficient (Wildman–Crippen LogP) is 3.55. The van der Waals surface area contributed by atoms with Gasteiger partial charge in [-0.15, -0.1) is 0 Å². The lowest BCUT2D eigenvalue weighted by Gasteiger charge is -2.15. The maximum absolute atomic E-state index is 13.4. The second-order valence-corrected chi connectivity index (χ2v) is 6.82. The zero-order valence-corrected chi connectivity index (χ0v) is 18.1. The monoisotopic (exact) mass is 440 g/mol. The molecular formula is C23H20O9. The zero-order chi connectivity index (χ0) is 23.6. The van der Waals surface area contributed by atoms with Gasteiger partial charge in [0.25, 0.3) is 0 Å². The first kappa shape index (κ1) is 22.5. The predicted molar refractivity (Wildman–Crippen MR) is 113 cm³/mol. The van der Waals surface area contributed by atoms with Gasteiger partial charge in [0, 0.05) is 26.3 Å². The van der Waals surface area contributed by atoms with E-state index in [2.05, 4.69) is 0 Å². The van der Waals surface area contributed by atoms with Crippen LogP contribution in [-0.4, -0.2) is 25.0 Å². The fraction of sp³-hybridized carbons (Fsp3) is 0.217. The van der Waals surface area contributed by atoms with E-state index in [9.17, 15) is 19.2 Å². The summed E-state index contributed by atoms with van der Waals surface area (Å²) >= 11 is 0. The van der Waals surface area contributed by atoms with Crippen LogP contribution in [0, 0.1) is 6.92 Å². The molecule has 3 rings (SSSR count). The summed E-state index contributed by atoms with van der Waals surface area (Å²) in [5, 5.41) is -0.103. The van der Waals surface area contributed by atoms with Crippen molar-refractivity contribution >= 4 is 28.9 Å². The fourth-order valence-electron chi connectivity index (χ4n) is 3.15. The van der Waals surface area contributed by atoms with Crippen LogP contribution in [0.25, 0.3) is 22.3 Å². The molecule has 0 aliphatic rings. The van der Waals surface area contributed by atoms with Crippen molar-refractivity contribution < 1.29 is 37.7 Å². The van der Waals surface area contributed by atoms with E-state index in [1.807, 2.05) is 0 Å². The van der Waals surface area contributed by atoms with Gasteiger partial charge in [-0.25, -0.2) is 0 Å². The molecule has 0 aliphatic heterocycles. The molecule has 166 valence electrons. The first-order valence-electron chi connectivity index (χ1n) is 9.46. The second kappa shape index (κ2) is 8.93. The third kappa shape index (κ3) is 4.46. The van der Waals surface area contributed by atoms with Crippen molar-refractivity contribution in [1.82, 2.24) is 0 Å². The summed E-state index contributed by atoms with van der Waals surface area (Å²) in [6.45, 7) is 5.27. The Hall–Kier alpha value is -4.14. The highest BCUT2D eigenvalue weighted by Gasteiger charge is 2.25. The third-order valence-corrected chi connectivity index (χ3v) is 4.31. The summed E-state index contributed by atoms with van der Waals surface area (Å²) in [4.78, 5) is 47.7. The zero-order valence-electron chi connectivity index (χ0n) is 18.1. The molecule has 0 radical (unpaired) electrons. The summed E-state index contributed by atoms with van der Waals surface area (Å²) in [6.07, 6.45) is 0. The molecule has 3 aromatic rings. The maximum Gasteiger partial charge on any atom is 0.308 e. The molecule has 1 heterocycles. The van der Waals surface area contributed by atoms with E-state index >= 15 is 0 Å².